The Morgan fingerprint density at radius 2 is 2.10 bits per heavy atom. The number of amides is 1. The van der Waals surface area contributed by atoms with E-state index >= 15 is 0 Å². The van der Waals surface area contributed by atoms with Crippen molar-refractivity contribution in [2.24, 2.45) is 0 Å². The van der Waals surface area contributed by atoms with Crippen molar-refractivity contribution in [1.29, 1.82) is 0 Å². The molecule has 2 unspecified atom stereocenters. The van der Waals surface area contributed by atoms with Crippen LogP contribution in [0, 0.1) is 0 Å². The lowest BCUT2D eigenvalue weighted by molar-refractivity contribution is -0.123. The zero-order chi connectivity index (χ0) is 14.4. The Hall–Kier alpha value is -1.59. The zero-order valence-electron chi connectivity index (χ0n) is 12.0. The van der Waals surface area contributed by atoms with Gasteiger partial charge in [0.25, 0.3) is 0 Å². The molecule has 1 fully saturated rings. The molecule has 20 heavy (non-hydrogen) atoms. The fraction of sp³-hybridized carbons (Fsp3) is 0.533. The van der Waals surface area contributed by atoms with E-state index < -0.39 is 0 Å². The van der Waals surface area contributed by atoms with Crippen LogP contribution in [-0.2, 0) is 9.53 Å². The minimum Gasteiger partial charge on any atom is -0.497 e. The summed E-state index contributed by atoms with van der Waals surface area (Å²) in [4.78, 5) is 11.8. The molecule has 2 N–H and O–H groups in total. The molecule has 1 saturated heterocycles. The molecule has 2 atom stereocenters. The van der Waals surface area contributed by atoms with E-state index in [4.69, 9.17) is 9.47 Å². The molecule has 110 valence electrons. The number of hydrogen-bond donors (Lipinski definition) is 2. The van der Waals surface area contributed by atoms with Crippen molar-refractivity contribution in [1.82, 2.24) is 5.32 Å². The fourth-order valence-electron chi connectivity index (χ4n) is 2.18. The van der Waals surface area contributed by atoms with Crippen LogP contribution in [0.4, 0.5) is 5.69 Å². The summed E-state index contributed by atoms with van der Waals surface area (Å²) in [6.45, 7) is 3.07. The number of carbonyl (C=O) groups excluding carboxylic acids is 1. The van der Waals surface area contributed by atoms with E-state index in [9.17, 15) is 4.79 Å². The number of hydrogen-bond acceptors (Lipinski definition) is 4. The highest BCUT2D eigenvalue weighted by molar-refractivity contribution is 5.91. The molecule has 0 radical (unpaired) electrons. The third kappa shape index (κ3) is 4.51. The second-order valence-corrected chi connectivity index (χ2v) is 5.10. The van der Waals surface area contributed by atoms with Crippen molar-refractivity contribution in [2.75, 3.05) is 25.6 Å². The number of ether oxygens (including phenoxy) is 2. The summed E-state index contributed by atoms with van der Waals surface area (Å²) >= 11 is 0. The van der Waals surface area contributed by atoms with Crippen molar-refractivity contribution < 1.29 is 14.3 Å². The molecule has 1 amide bonds. The van der Waals surface area contributed by atoms with Crippen LogP contribution in [-0.4, -0.2) is 38.3 Å². The molecular weight excluding hydrogens is 256 g/mol. The molecule has 1 aromatic rings. The molecule has 0 spiro atoms. The summed E-state index contributed by atoms with van der Waals surface area (Å²) < 4.78 is 10.7. The maximum absolute atomic E-state index is 11.8. The minimum atomic E-state index is -0.131. The summed E-state index contributed by atoms with van der Waals surface area (Å²) in [6.07, 6.45) is 2.22. The van der Waals surface area contributed by atoms with Gasteiger partial charge in [0.2, 0.25) is 5.91 Å². The number of anilines is 1. The van der Waals surface area contributed by atoms with Gasteiger partial charge < -0.3 is 20.1 Å². The van der Waals surface area contributed by atoms with Crippen LogP contribution in [0.2, 0.25) is 0 Å². The smallest absolute Gasteiger partial charge is 0.250 e. The third-order valence-corrected chi connectivity index (χ3v) is 3.44. The zero-order valence-corrected chi connectivity index (χ0v) is 12.0. The lowest BCUT2D eigenvalue weighted by Crippen LogP contribution is -2.41. The van der Waals surface area contributed by atoms with Crippen molar-refractivity contribution >= 4 is 11.6 Å². The highest BCUT2D eigenvalue weighted by atomic mass is 16.5. The van der Waals surface area contributed by atoms with Crippen molar-refractivity contribution in [3.63, 3.8) is 0 Å². The molecule has 0 bridgehead atoms. The molecule has 1 aromatic carbocycles. The molecule has 0 aromatic heterocycles. The first-order valence-electron chi connectivity index (χ1n) is 6.96. The van der Waals surface area contributed by atoms with Gasteiger partial charge in [0, 0.05) is 18.3 Å². The molecular formula is C15H22N2O3. The number of rotatable bonds is 5. The number of benzene rings is 1. The van der Waals surface area contributed by atoms with Crippen LogP contribution >= 0.6 is 0 Å². The summed E-state index contributed by atoms with van der Waals surface area (Å²) in [5, 5.41) is 6.15. The summed E-state index contributed by atoms with van der Waals surface area (Å²) in [5.74, 6) is 0.635. The van der Waals surface area contributed by atoms with Gasteiger partial charge in [-0.15, -0.1) is 0 Å². The number of carbonyl (C=O) groups is 1. The fourth-order valence-corrected chi connectivity index (χ4v) is 2.18. The Balaban J connectivity index is 1.72. The Morgan fingerprint density at radius 3 is 2.70 bits per heavy atom. The Kier molecular flexibility index (Phi) is 5.38. The van der Waals surface area contributed by atoms with Gasteiger partial charge >= 0.3 is 0 Å². The lowest BCUT2D eigenvalue weighted by Gasteiger charge is -2.27. The van der Waals surface area contributed by atoms with Gasteiger partial charge in [-0.1, -0.05) is 0 Å². The van der Waals surface area contributed by atoms with E-state index in [1.54, 1.807) is 19.2 Å². The topological polar surface area (TPSA) is 59.6 Å². The van der Waals surface area contributed by atoms with Gasteiger partial charge in [-0.3, -0.25) is 4.79 Å². The van der Waals surface area contributed by atoms with E-state index in [1.165, 1.54) is 0 Å². The molecule has 1 heterocycles. The molecule has 5 heteroatoms. The highest BCUT2D eigenvalue weighted by Gasteiger charge is 2.18. The van der Waals surface area contributed by atoms with Crippen LogP contribution in [0.5, 0.6) is 5.75 Å². The average molecular weight is 278 g/mol. The Bertz CT molecular complexity index is 425. The van der Waals surface area contributed by atoms with Crippen LogP contribution in [0.15, 0.2) is 24.3 Å². The van der Waals surface area contributed by atoms with Crippen LogP contribution in [0.25, 0.3) is 0 Å². The first-order chi connectivity index (χ1) is 9.67. The van der Waals surface area contributed by atoms with Gasteiger partial charge in [0.1, 0.15) is 12.4 Å². The first kappa shape index (κ1) is 14.8. The number of nitrogens with one attached hydrogen (secondary N) is 2. The maximum atomic E-state index is 11.8. The van der Waals surface area contributed by atoms with Crippen molar-refractivity contribution in [3.8, 4) is 5.75 Å². The molecule has 0 aliphatic carbocycles. The largest absolute Gasteiger partial charge is 0.497 e. The van der Waals surface area contributed by atoms with Crippen LogP contribution in [0.3, 0.4) is 0 Å². The van der Waals surface area contributed by atoms with E-state index in [2.05, 4.69) is 17.6 Å². The van der Waals surface area contributed by atoms with E-state index in [0.29, 0.717) is 6.04 Å². The average Bonchev–Trinajstić information content (AvgIpc) is 2.47. The van der Waals surface area contributed by atoms with Gasteiger partial charge in [-0.25, -0.2) is 0 Å². The first-order valence-corrected chi connectivity index (χ1v) is 6.96. The van der Waals surface area contributed by atoms with Gasteiger partial charge in [-0.05, 0) is 44.0 Å². The SMILES string of the molecule is COc1ccc(NC(=O)COC2CCC(C)NC2)cc1. The quantitative estimate of drug-likeness (QED) is 0.862. The normalized spacial score (nSPS) is 22.3. The molecule has 1 aliphatic heterocycles. The second kappa shape index (κ2) is 7.26. The van der Waals surface area contributed by atoms with Crippen LogP contribution < -0.4 is 15.4 Å². The van der Waals surface area contributed by atoms with Gasteiger partial charge in [0.15, 0.2) is 0 Å². The second-order valence-electron chi connectivity index (χ2n) is 5.10. The van der Waals surface area contributed by atoms with Gasteiger partial charge in [-0.2, -0.15) is 0 Å². The Morgan fingerprint density at radius 1 is 1.35 bits per heavy atom. The standard InChI is InChI=1S/C15H22N2O3/c1-11-3-6-14(9-16-11)20-10-15(18)17-12-4-7-13(19-2)8-5-12/h4-5,7-8,11,14,16H,3,6,9-10H2,1-2H3,(H,17,18). The minimum absolute atomic E-state index is 0.0900. The Labute approximate surface area is 119 Å². The number of piperidine rings is 1. The predicted octanol–water partition coefficient (Wildman–Crippen LogP) is 1.79. The number of methoxy groups -OCH3 is 1. The van der Waals surface area contributed by atoms with Crippen molar-refractivity contribution in [2.45, 2.75) is 31.9 Å². The highest BCUT2D eigenvalue weighted by Crippen LogP contribution is 2.15. The lowest BCUT2D eigenvalue weighted by atomic mass is 10.0. The molecule has 0 saturated carbocycles. The van der Waals surface area contributed by atoms with E-state index in [0.717, 1.165) is 30.8 Å². The molecule has 2 rings (SSSR count). The third-order valence-electron chi connectivity index (χ3n) is 3.44. The summed E-state index contributed by atoms with van der Waals surface area (Å²) in [6, 6.07) is 7.77. The van der Waals surface area contributed by atoms with E-state index in [1.807, 2.05) is 12.1 Å². The predicted molar refractivity (Wildman–Crippen MR) is 78.1 cm³/mol. The monoisotopic (exact) mass is 278 g/mol. The summed E-state index contributed by atoms with van der Waals surface area (Å²) in [7, 11) is 1.61. The molecule has 1 aliphatic rings. The van der Waals surface area contributed by atoms with Crippen molar-refractivity contribution in [3.05, 3.63) is 24.3 Å². The van der Waals surface area contributed by atoms with Crippen LogP contribution in [0.1, 0.15) is 19.8 Å². The van der Waals surface area contributed by atoms with Gasteiger partial charge in [0.05, 0.1) is 13.2 Å². The van der Waals surface area contributed by atoms with E-state index in [-0.39, 0.29) is 18.6 Å². The maximum Gasteiger partial charge on any atom is 0.250 e. The summed E-state index contributed by atoms with van der Waals surface area (Å²) in [5.41, 5.74) is 0.745. The molecule has 5 nitrogen and oxygen atoms in total.